The predicted octanol–water partition coefficient (Wildman–Crippen LogP) is 7.13. The van der Waals surface area contributed by atoms with Crippen LogP contribution in [0.5, 0.6) is 17.2 Å². The first kappa shape index (κ1) is 26.5. The first-order chi connectivity index (χ1) is 17.6. The van der Waals surface area contributed by atoms with Crippen LogP contribution < -0.4 is 14.2 Å². The fraction of sp³-hybridized carbons (Fsp3) is 0.300. The van der Waals surface area contributed by atoms with Crippen LogP contribution in [0.3, 0.4) is 0 Å². The summed E-state index contributed by atoms with van der Waals surface area (Å²) < 4.78 is 16.5. The Morgan fingerprint density at radius 1 is 0.639 bits per heavy atom. The Kier molecular flexibility index (Phi) is 10.5. The van der Waals surface area contributed by atoms with Crippen LogP contribution in [-0.4, -0.2) is 18.5 Å². The molecular formula is C30H31NO5. The van der Waals surface area contributed by atoms with E-state index in [1.165, 1.54) is 62.8 Å². The number of hydrogen-bond acceptors (Lipinski definition) is 6. The molecule has 0 heterocycles. The molecule has 0 aromatic heterocycles. The third-order valence-corrected chi connectivity index (χ3v) is 5.60. The second-order valence-electron chi connectivity index (χ2n) is 8.43. The van der Waals surface area contributed by atoms with E-state index in [0.29, 0.717) is 34.8 Å². The number of unbranched alkanes of at least 4 members (excludes halogenated alkanes) is 6. The fourth-order valence-corrected chi connectivity index (χ4v) is 3.52. The number of ether oxygens (including phenoxy) is 3. The molecule has 0 amide bonds. The SMILES string of the molecule is CCCCCCCCCOc1ccc(C(=O)Oc2ccc(C(=O)Oc3ccc(C#N)cc3)cc2)cc1. The highest BCUT2D eigenvalue weighted by molar-refractivity contribution is 5.92. The van der Waals surface area contributed by atoms with Crippen LogP contribution in [0.2, 0.25) is 0 Å². The fourth-order valence-electron chi connectivity index (χ4n) is 3.52. The van der Waals surface area contributed by atoms with E-state index in [4.69, 9.17) is 19.5 Å². The third-order valence-electron chi connectivity index (χ3n) is 5.60. The summed E-state index contributed by atoms with van der Waals surface area (Å²) in [5, 5.41) is 8.84. The topological polar surface area (TPSA) is 85.6 Å². The van der Waals surface area contributed by atoms with E-state index in [9.17, 15) is 9.59 Å². The van der Waals surface area contributed by atoms with Crippen LogP contribution in [0, 0.1) is 11.3 Å². The van der Waals surface area contributed by atoms with Crippen molar-refractivity contribution in [2.24, 2.45) is 0 Å². The monoisotopic (exact) mass is 485 g/mol. The molecule has 0 radical (unpaired) electrons. The lowest BCUT2D eigenvalue weighted by Gasteiger charge is -2.08. The second kappa shape index (κ2) is 14.3. The van der Waals surface area contributed by atoms with Gasteiger partial charge in [-0.15, -0.1) is 0 Å². The number of esters is 2. The van der Waals surface area contributed by atoms with Gasteiger partial charge in [-0.25, -0.2) is 9.59 Å². The minimum absolute atomic E-state index is 0.307. The van der Waals surface area contributed by atoms with Crippen molar-refractivity contribution in [2.45, 2.75) is 51.9 Å². The van der Waals surface area contributed by atoms with Gasteiger partial charge in [-0.2, -0.15) is 5.26 Å². The molecule has 6 nitrogen and oxygen atoms in total. The van der Waals surface area contributed by atoms with Gasteiger partial charge >= 0.3 is 11.9 Å². The van der Waals surface area contributed by atoms with Crippen molar-refractivity contribution in [3.05, 3.63) is 89.5 Å². The number of carbonyl (C=O) groups is 2. The molecule has 0 saturated carbocycles. The summed E-state index contributed by atoms with van der Waals surface area (Å²) in [6.07, 6.45) is 8.60. The molecule has 0 atom stereocenters. The molecule has 0 saturated heterocycles. The van der Waals surface area contributed by atoms with Gasteiger partial charge in [-0.3, -0.25) is 0 Å². The van der Waals surface area contributed by atoms with Crippen molar-refractivity contribution in [1.82, 2.24) is 0 Å². The van der Waals surface area contributed by atoms with Gasteiger partial charge in [0.05, 0.1) is 29.4 Å². The van der Waals surface area contributed by atoms with E-state index < -0.39 is 11.9 Å². The van der Waals surface area contributed by atoms with Crippen LogP contribution in [0.15, 0.2) is 72.8 Å². The molecule has 0 fully saturated rings. The summed E-state index contributed by atoms with van der Waals surface area (Å²) in [7, 11) is 0. The van der Waals surface area contributed by atoms with E-state index >= 15 is 0 Å². The van der Waals surface area contributed by atoms with Gasteiger partial charge in [0.15, 0.2) is 0 Å². The summed E-state index contributed by atoms with van der Waals surface area (Å²) in [5.74, 6) is 0.326. The molecule has 0 spiro atoms. The zero-order valence-electron chi connectivity index (χ0n) is 20.6. The van der Waals surface area contributed by atoms with Crippen LogP contribution in [-0.2, 0) is 0 Å². The van der Waals surface area contributed by atoms with E-state index in [1.54, 1.807) is 48.5 Å². The Hall–Kier alpha value is -4.11. The number of nitriles is 1. The highest BCUT2D eigenvalue weighted by Crippen LogP contribution is 2.19. The maximum atomic E-state index is 12.5. The van der Waals surface area contributed by atoms with Gasteiger partial charge in [-0.1, -0.05) is 45.4 Å². The highest BCUT2D eigenvalue weighted by Gasteiger charge is 2.12. The van der Waals surface area contributed by atoms with Crippen molar-refractivity contribution in [3.8, 4) is 23.3 Å². The Balaban J connectivity index is 1.42. The van der Waals surface area contributed by atoms with Gasteiger partial charge in [0, 0.05) is 0 Å². The number of carbonyl (C=O) groups excluding carboxylic acids is 2. The first-order valence-electron chi connectivity index (χ1n) is 12.4. The standard InChI is InChI=1S/C30H31NO5/c1-2-3-4-5-6-7-8-21-34-26-17-11-24(12-18-26)29(32)36-28-19-13-25(14-20-28)30(33)35-27-15-9-23(22-31)10-16-27/h9-20H,2-8,21H2,1H3. The maximum Gasteiger partial charge on any atom is 0.343 e. The molecule has 3 aromatic carbocycles. The van der Waals surface area contributed by atoms with Crippen LogP contribution in [0.25, 0.3) is 0 Å². The van der Waals surface area contributed by atoms with Gasteiger partial charge in [0.1, 0.15) is 17.2 Å². The van der Waals surface area contributed by atoms with Gasteiger partial charge in [0.25, 0.3) is 0 Å². The number of nitrogens with zero attached hydrogens (tertiary/aromatic N) is 1. The maximum absolute atomic E-state index is 12.5. The number of rotatable bonds is 13. The van der Waals surface area contributed by atoms with E-state index in [2.05, 4.69) is 6.92 Å². The average Bonchev–Trinajstić information content (AvgIpc) is 2.91. The van der Waals surface area contributed by atoms with E-state index in [-0.39, 0.29) is 0 Å². The molecule has 36 heavy (non-hydrogen) atoms. The van der Waals surface area contributed by atoms with Gasteiger partial charge in [0.2, 0.25) is 0 Å². The van der Waals surface area contributed by atoms with Crippen molar-refractivity contribution in [2.75, 3.05) is 6.61 Å². The molecule has 6 heteroatoms. The lowest BCUT2D eigenvalue weighted by atomic mass is 10.1. The third kappa shape index (κ3) is 8.59. The second-order valence-corrected chi connectivity index (χ2v) is 8.43. The van der Waals surface area contributed by atoms with Crippen LogP contribution in [0.4, 0.5) is 0 Å². The molecule has 0 aliphatic carbocycles. The molecule has 0 aliphatic rings. The largest absolute Gasteiger partial charge is 0.494 e. The summed E-state index contributed by atoms with van der Waals surface area (Å²) in [6, 6.07) is 21.2. The Morgan fingerprint density at radius 2 is 1.08 bits per heavy atom. The summed E-state index contributed by atoms with van der Waals surface area (Å²) in [4.78, 5) is 24.8. The van der Waals surface area contributed by atoms with E-state index in [0.717, 1.165) is 12.2 Å². The molecule has 0 unspecified atom stereocenters. The molecule has 3 rings (SSSR count). The summed E-state index contributed by atoms with van der Waals surface area (Å²) >= 11 is 0. The summed E-state index contributed by atoms with van der Waals surface area (Å²) in [5.41, 5.74) is 1.19. The average molecular weight is 486 g/mol. The molecule has 3 aromatic rings. The van der Waals surface area contributed by atoms with E-state index in [1.807, 2.05) is 6.07 Å². The number of benzene rings is 3. The lowest BCUT2D eigenvalue weighted by molar-refractivity contribution is 0.0730. The van der Waals surface area contributed by atoms with Crippen molar-refractivity contribution < 1.29 is 23.8 Å². The first-order valence-corrected chi connectivity index (χ1v) is 12.4. The number of hydrogen-bond donors (Lipinski definition) is 0. The van der Waals surface area contributed by atoms with Crippen molar-refractivity contribution in [3.63, 3.8) is 0 Å². The predicted molar refractivity (Wildman–Crippen MR) is 137 cm³/mol. The Labute approximate surface area is 212 Å². The van der Waals surface area contributed by atoms with Gasteiger partial charge < -0.3 is 14.2 Å². The van der Waals surface area contributed by atoms with Crippen molar-refractivity contribution in [1.29, 1.82) is 5.26 Å². The molecule has 186 valence electrons. The zero-order chi connectivity index (χ0) is 25.6. The molecular weight excluding hydrogens is 454 g/mol. The highest BCUT2D eigenvalue weighted by atomic mass is 16.5. The minimum atomic E-state index is -0.551. The smallest absolute Gasteiger partial charge is 0.343 e. The van der Waals surface area contributed by atoms with Gasteiger partial charge in [-0.05, 0) is 79.2 Å². The molecule has 0 bridgehead atoms. The Bertz CT molecular complexity index is 1150. The van der Waals surface area contributed by atoms with Crippen LogP contribution >= 0.6 is 0 Å². The quantitative estimate of drug-likeness (QED) is 0.145. The molecule has 0 aliphatic heterocycles. The zero-order valence-corrected chi connectivity index (χ0v) is 20.6. The summed E-state index contributed by atoms with van der Waals surface area (Å²) in [6.45, 7) is 2.88. The lowest BCUT2D eigenvalue weighted by Crippen LogP contribution is -2.10. The minimum Gasteiger partial charge on any atom is -0.494 e. The Morgan fingerprint density at radius 3 is 1.58 bits per heavy atom. The normalized spacial score (nSPS) is 10.3. The molecule has 0 N–H and O–H groups in total. The van der Waals surface area contributed by atoms with Crippen LogP contribution in [0.1, 0.15) is 78.1 Å². The van der Waals surface area contributed by atoms with Crippen molar-refractivity contribution >= 4 is 11.9 Å².